The third-order valence-corrected chi connectivity index (χ3v) is 8.00. The van der Waals surface area contributed by atoms with E-state index in [2.05, 4.69) is 133 Å². The summed E-state index contributed by atoms with van der Waals surface area (Å²) in [4.78, 5) is 4.77. The minimum atomic E-state index is 0.443. The van der Waals surface area contributed by atoms with E-state index in [0.717, 1.165) is 13.1 Å². The van der Waals surface area contributed by atoms with Gasteiger partial charge in [-0.1, -0.05) is 116 Å². The Morgan fingerprint density at radius 1 is 0.514 bits per heavy atom. The Labute approximate surface area is 224 Å². The Balaban J connectivity index is 1.60. The lowest BCUT2D eigenvalue weighted by Crippen LogP contribution is -2.21. The van der Waals surface area contributed by atoms with Crippen LogP contribution in [0.3, 0.4) is 0 Å². The van der Waals surface area contributed by atoms with Gasteiger partial charge < -0.3 is 9.80 Å². The molecule has 2 radical (unpaired) electrons. The number of benzene rings is 4. The predicted molar refractivity (Wildman–Crippen MR) is 162 cm³/mol. The molecule has 192 valence electrons. The van der Waals surface area contributed by atoms with Crippen molar-refractivity contribution in [3.63, 3.8) is 0 Å². The summed E-state index contributed by atoms with van der Waals surface area (Å²) >= 11 is 0. The summed E-state index contributed by atoms with van der Waals surface area (Å²) in [5.74, 6) is 1.93. The van der Waals surface area contributed by atoms with E-state index in [1.807, 2.05) is 0 Å². The van der Waals surface area contributed by atoms with Crippen LogP contribution in [0.25, 0.3) is 21.5 Å². The van der Waals surface area contributed by atoms with Gasteiger partial charge in [-0.3, -0.25) is 0 Å². The van der Waals surface area contributed by atoms with Gasteiger partial charge >= 0.3 is 0 Å². The first-order valence-corrected chi connectivity index (χ1v) is 14.1. The lowest BCUT2D eigenvalue weighted by atomic mass is 9.92. The molecule has 4 aromatic carbocycles. The third kappa shape index (κ3) is 4.72. The van der Waals surface area contributed by atoms with E-state index in [1.54, 1.807) is 0 Å². The number of anilines is 2. The van der Waals surface area contributed by atoms with Crippen molar-refractivity contribution in [3.05, 3.63) is 89.6 Å². The van der Waals surface area contributed by atoms with Crippen LogP contribution in [0.2, 0.25) is 0 Å². The maximum absolute atomic E-state index is 3.84. The molecule has 0 spiro atoms. The van der Waals surface area contributed by atoms with Crippen molar-refractivity contribution < 1.29 is 0 Å². The van der Waals surface area contributed by atoms with E-state index in [0.29, 0.717) is 23.7 Å². The first-order valence-electron chi connectivity index (χ1n) is 14.1. The summed E-state index contributed by atoms with van der Waals surface area (Å²) < 4.78 is 0. The van der Waals surface area contributed by atoms with Gasteiger partial charge in [-0.15, -0.1) is 0 Å². The number of hydrogen-bond donors (Lipinski definition) is 0. The molecule has 1 fully saturated rings. The largest absolute Gasteiger partial charge is 0.339 e. The van der Waals surface area contributed by atoms with Crippen molar-refractivity contribution in [1.29, 1.82) is 0 Å². The molecule has 0 N–H and O–H groups in total. The molecule has 0 bridgehead atoms. The van der Waals surface area contributed by atoms with Crippen LogP contribution in [0.5, 0.6) is 0 Å². The highest BCUT2D eigenvalue weighted by Gasteiger charge is 2.29. The number of hydrogen-bond acceptors (Lipinski definition) is 2. The zero-order chi connectivity index (χ0) is 26.4. The SMILES string of the molecule is CC(C)c1ccc2c(N3[C]N(c4c(C(C)C)ccc5cc(C(C)C)ccc45)CC3)c(C(C)C)ccc2c1. The Bertz CT molecular complexity index is 1320. The Kier molecular flexibility index (Phi) is 6.96. The van der Waals surface area contributed by atoms with Crippen molar-refractivity contribution >= 4 is 32.9 Å². The number of rotatable bonds is 6. The zero-order valence-electron chi connectivity index (χ0n) is 23.9. The quantitative estimate of drug-likeness (QED) is 0.265. The maximum Gasteiger partial charge on any atom is 0.208 e. The minimum absolute atomic E-state index is 0.443. The van der Waals surface area contributed by atoms with Crippen LogP contribution in [0.1, 0.15) is 101 Å². The second-order valence-electron chi connectivity index (χ2n) is 12.0. The number of fused-ring (bicyclic) bond motifs is 2. The van der Waals surface area contributed by atoms with Gasteiger partial charge in [0, 0.05) is 23.9 Å². The minimum Gasteiger partial charge on any atom is -0.339 e. The first-order chi connectivity index (χ1) is 17.7. The fourth-order valence-electron chi connectivity index (χ4n) is 5.72. The maximum atomic E-state index is 3.84. The molecule has 37 heavy (non-hydrogen) atoms. The van der Waals surface area contributed by atoms with E-state index < -0.39 is 0 Å². The van der Waals surface area contributed by atoms with E-state index >= 15 is 0 Å². The molecule has 1 saturated heterocycles. The highest BCUT2D eigenvalue weighted by molar-refractivity contribution is 5.99. The molecular formula is C35H42N2. The predicted octanol–water partition coefficient (Wildman–Crippen LogP) is 9.81. The molecule has 0 unspecified atom stereocenters. The van der Waals surface area contributed by atoms with Gasteiger partial charge in [0.2, 0.25) is 6.67 Å². The van der Waals surface area contributed by atoms with Crippen LogP contribution in [0.15, 0.2) is 60.7 Å². The van der Waals surface area contributed by atoms with Gasteiger partial charge in [-0.2, -0.15) is 0 Å². The smallest absolute Gasteiger partial charge is 0.208 e. The lowest BCUT2D eigenvalue weighted by Gasteiger charge is -2.27. The molecule has 5 rings (SSSR count). The molecule has 0 aromatic heterocycles. The van der Waals surface area contributed by atoms with Gasteiger partial charge in [0.15, 0.2) is 0 Å². The molecule has 1 aliphatic rings. The van der Waals surface area contributed by atoms with Crippen molar-refractivity contribution in [2.75, 3.05) is 22.9 Å². The van der Waals surface area contributed by atoms with E-state index in [-0.39, 0.29) is 0 Å². The Morgan fingerprint density at radius 2 is 0.919 bits per heavy atom. The van der Waals surface area contributed by atoms with Crippen molar-refractivity contribution in [1.82, 2.24) is 0 Å². The van der Waals surface area contributed by atoms with Crippen LogP contribution in [-0.4, -0.2) is 13.1 Å². The summed E-state index contributed by atoms with van der Waals surface area (Å²) in [6.45, 7) is 24.0. The molecule has 0 aliphatic carbocycles. The normalized spacial score (nSPS) is 14.5. The average Bonchev–Trinajstić information content (AvgIpc) is 3.35. The molecule has 0 amide bonds. The lowest BCUT2D eigenvalue weighted by molar-refractivity contribution is 0.855. The molecule has 1 aliphatic heterocycles. The highest BCUT2D eigenvalue weighted by atomic mass is 15.4. The van der Waals surface area contributed by atoms with E-state index in [9.17, 15) is 0 Å². The van der Waals surface area contributed by atoms with Gasteiger partial charge in [0.25, 0.3) is 0 Å². The standard InChI is InChI=1S/C35H42N2/c1-22(2)26-9-15-32-28(19-26)11-13-30(24(5)6)34(32)36-17-18-37(21-36)35-31(25(7)8)14-12-29-20-27(23(3)4)10-16-33(29)35/h9-16,19-20,22-25H,17-18H2,1-8H3. The summed E-state index contributed by atoms with van der Waals surface area (Å²) in [7, 11) is 0. The second-order valence-corrected chi connectivity index (χ2v) is 12.0. The third-order valence-electron chi connectivity index (χ3n) is 8.00. The molecule has 1 heterocycles. The monoisotopic (exact) mass is 490 g/mol. The fourth-order valence-corrected chi connectivity index (χ4v) is 5.72. The topological polar surface area (TPSA) is 6.48 Å². The van der Waals surface area contributed by atoms with Gasteiger partial charge in [0.05, 0.1) is 11.4 Å². The molecule has 2 nitrogen and oxygen atoms in total. The second kappa shape index (κ2) is 10.0. The van der Waals surface area contributed by atoms with Crippen LogP contribution < -0.4 is 9.80 Å². The van der Waals surface area contributed by atoms with Crippen LogP contribution in [0, 0.1) is 6.67 Å². The van der Waals surface area contributed by atoms with Gasteiger partial charge in [-0.05, 0) is 56.7 Å². The van der Waals surface area contributed by atoms with Crippen LogP contribution in [-0.2, 0) is 0 Å². The van der Waals surface area contributed by atoms with Gasteiger partial charge in [0.1, 0.15) is 0 Å². The first kappa shape index (κ1) is 25.6. The van der Waals surface area contributed by atoms with Crippen LogP contribution >= 0.6 is 0 Å². The average molecular weight is 491 g/mol. The summed E-state index contributed by atoms with van der Waals surface area (Å²) in [5.41, 5.74) is 8.21. The van der Waals surface area contributed by atoms with E-state index in [1.165, 1.54) is 55.2 Å². The van der Waals surface area contributed by atoms with Crippen molar-refractivity contribution in [3.8, 4) is 0 Å². The fraction of sp³-hybridized carbons (Fsp3) is 0.400. The molecule has 0 saturated carbocycles. The molecular weight excluding hydrogens is 448 g/mol. The zero-order valence-corrected chi connectivity index (χ0v) is 23.9. The molecule has 2 heteroatoms. The number of nitrogens with zero attached hydrogens (tertiary/aromatic N) is 2. The van der Waals surface area contributed by atoms with Crippen molar-refractivity contribution in [2.24, 2.45) is 0 Å². The summed E-state index contributed by atoms with van der Waals surface area (Å²) in [6.07, 6.45) is 0. The van der Waals surface area contributed by atoms with Crippen molar-refractivity contribution in [2.45, 2.75) is 79.1 Å². The van der Waals surface area contributed by atoms with Gasteiger partial charge in [-0.25, -0.2) is 0 Å². The molecule has 4 aromatic rings. The van der Waals surface area contributed by atoms with Crippen LogP contribution in [0.4, 0.5) is 11.4 Å². The summed E-state index contributed by atoms with van der Waals surface area (Å²) in [5, 5.41) is 5.29. The molecule has 0 atom stereocenters. The highest BCUT2D eigenvalue weighted by Crippen LogP contribution is 2.42. The Hall–Kier alpha value is -3.00. The van der Waals surface area contributed by atoms with E-state index in [4.69, 9.17) is 0 Å². The Morgan fingerprint density at radius 3 is 1.27 bits per heavy atom. The summed E-state index contributed by atoms with van der Waals surface area (Å²) in [6, 6.07) is 23.3.